The molecule has 1 aromatic carbocycles. The van der Waals surface area contributed by atoms with Crippen LogP contribution in [0.15, 0.2) is 28.7 Å². The molecule has 98 valence electrons. The molecule has 1 N–H and O–H groups in total. The maximum Gasteiger partial charge on any atom is 0.335 e. The quantitative estimate of drug-likeness (QED) is 0.894. The summed E-state index contributed by atoms with van der Waals surface area (Å²) in [7, 11) is 2.07. The highest BCUT2D eigenvalue weighted by molar-refractivity contribution is 5.92. The van der Waals surface area contributed by atoms with Crippen molar-refractivity contribution < 1.29 is 14.3 Å². The molecule has 3 rings (SSSR count). The Balaban J connectivity index is 2.00. The predicted molar refractivity (Wildman–Crippen MR) is 71.1 cm³/mol. The van der Waals surface area contributed by atoms with Gasteiger partial charge in [0.05, 0.1) is 5.56 Å². The van der Waals surface area contributed by atoms with Crippen molar-refractivity contribution in [3.8, 4) is 0 Å². The second-order valence-corrected chi connectivity index (χ2v) is 4.75. The summed E-state index contributed by atoms with van der Waals surface area (Å²) >= 11 is 0. The second-order valence-electron chi connectivity index (χ2n) is 4.75. The van der Waals surface area contributed by atoms with Gasteiger partial charge < -0.3 is 14.4 Å². The van der Waals surface area contributed by atoms with Crippen LogP contribution in [0, 0.1) is 0 Å². The molecule has 0 atom stereocenters. The molecular weight excluding hydrogens is 244 g/mol. The van der Waals surface area contributed by atoms with Gasteiger partial charge >= 0.3 is 5.97 Å². The molecule has 5 nitrogen and oxygen atoms in total. The fourth-order valence-corrected chi connectivity index (χ4v) is 2.16. The largest absolute Gasteiger partial charge is 0.478 e. The van der Waals surface area contributed by atoms with Crippen LogP contribution in [0.5, 0.6) is 0 Å². The number of fused-ring (bicyclic) bond motifs is 1. The minimum atomic E-state index is -0.954. The topological polar surface area (TPSA) is 66.6 Å². The standard InChI is InChI=1S/C14H14N2O3/c1-16-6-4-9(5-7-16)13-15-11-8-10(14(17)18)2-3-12(11)19-13/h2-4,8H,5-7H2,1H3,(H,17,18). The number of carboxylic acids is 1. The van der Waals surface area contributed by atoms with Crippen LogP contribution < -0.4 is 0 Å². The molecule has 0 bridgehead atoms. The minimum Gasteiger partial charge on any atom is -0.478 e. The number of carboxylic acid groups (broad SMARTS) is 1. The number of benzene rings is 1. The smallest absolute Gasteiger partial charge is 0.335 e. The Labute approximate surface area is 110 Å². The Morgan fingerprint density at radius 3 is 3.00 bits per heavy atom. The molecule has 1 aliphatic rings. The zero-order valence-corrected chi connectivity index (χ0v) is 10.6. The van der Waals surface area contributed by atoms with E-state index < -0.39 is 5.97 Å². The molecule has 0 saturated heterocycles. The highest BCUT2D eigenvalue weighted by Crippen LogP contribution is 2.25. The van der Waals surface area contributed by atoms with Gasteiger partial charge in [-0.1, -0.05) is 6.08 Å². The van der Waals surface area contributed by atoms with E-state index in [-0.39, 0.29) is 5.56 Å². The van der Waals surface area contributed by atoms with Gasteiger partial charge in [0, 0.05) is 18.7 Å². The first-order valence-electron chi connectivity index (χ1n) is 6.15. The summed E-state index contributed by atoms with van der Waals surface area (Å²) in [6.45, 7) is 1.86. The second kappa shape index (κ2) is 4.51. The molecule has 2 heterocycles. The average Bonchev–Trinajstić information content (AvgIpc) is 2.82. The summed E-state index contributed by atoms with van der Waals surface area (Å²) in [5.74, 6) is -0.351. The van der Waals surface area contributed by atoms with Gasteiger partial charge in [-0.25, -0.2) is 9.78 Å². The van der Waals surface area contributed by atoms with Gasteiger partial charge in [0.15, 0.2) is 5.58 Å². The highest BCUT2D eigenvalue weighted by Gasteiger charge is 2.16. The van der Waals surface area contributed by atoms with E-state index >= 15 is 0 Å². The first-order chi connectivity index (χ1) is 9.13. The maximum absolute atomic E-state index is 10.9. The third kappa shape index (κ3) is 2.24. The minimum absolute atomic E-state index is 0.227. The SMILES string of the molecule is CN1CC=C(c2nc3cc(C(=O)O)ccc3o2)CC1. The Morgan fingerprint density at radius 1 is 1.47 bits per heavy atom. The molecule has 0 aliphatic carbocycles. The fraction of sp³-hybridized carbons (Fsp3) is 0.286. The molecule has 0 spiro atoms. The summed E-state index contributed by atoms with van der Waals surface area (Å²) in [6.07, 6.45) is 3.00. The van der Waals surface area contributed by atoms with Gasteiger partial charge in [0.2, 0.25) is 5.89 Å². The number of nitrogens with zero attached hydrogens (tertiary/aromatic N) is 2. The van der Waals surface area contributed by atoms with Crippen LogP contribution in [0.3, 0.4) is 0 Å². The summed E-state index contributed by atoms with van der Waals surface area (Å²) < 4.78 is 5.69. The van der Waals surface area contributed by atoms with Crippen LogP contribution in [0.1, 0.15) is 22.7 Å². The summed E-state index contributed by atoms with van der Waals surface area (Å²) in [5.41, 5.74) is 2.53. The van der Waals surface area contributed by atoms with E-state index in [1.54, 1.807) is 12.1 Å². The first kappa shape index (κ1) is 11.9. The third-order valence-electron chi connectivity index (χ3n) is 3.32. The molecule has 2 aromatic rings. The number of carbonyl (C=O) groups is 1. The Kier molecular flexibility index (Phi) is 2.83. The van der Waals surface area contributed by atoms with Crippen LogP contribution in [-0.2, 0) is 0 Å². The van der Waals surface area contributed by atoms with Crippen molar-refractivity contribution in [3.05, 3.63) is 35.7 Å². The first-order valence-corrected chi connectivity index (χ1v) is 6.15. The number of likely N-dealkylation sites (N-methyl/N-ethyl adjacent to an activating group) is 1. The lowest BCUT2D eigenvalue weighted by Crippen LogP contribution is -2.23. The van der Waals surface area contributed by atoms with Crippen molar-refractivity contribution in [1.82, 2.24) is 9.88 Å². The van der Waals surface area contributed by atoms with Gasteiger partial charge in [-0.2, -0.15) is 0 Å². The molecule has 0 fully saturated rings. The van der Waals surface area contributed by atoms with Crippen molar-refractivity contribution in [2.75, 3.05) is 20.1 Å². The van der Waals surface area contributed by atoms with E-state index in [0.717, 1.165) is 25.1 Å². The molecule has 1 aliphatic heterocycles. The molecule has 0 amide bonds. The van der Waals surface area contributed by atoms with Gasteiger partial charge in [0.1, 0.15) is 5.52 Å². The van der Waals surface area contributed by atoms with Gasteiger partial charge in [-0.15, -0.1) is 0 Å². The summed E-state index contributed by atoms with van der Waals surface area (Å²) in [4.78, 5) is 17.5. The van der Waals surface area contributed by atoms with Crippen molar-refractivity contribution >= 4 is 22.6 Å². The van der Waals surface area contributed by atoms with Crippen molar-refractivity contribution in [2.24, 2.45) is 0 Å². The average molecular weight is 258 g/mol. The van der Waals surface area contributed by atoms with E-state index in [0.29, 0.717) is 17.0 Å². The van der Waals surface area contributed by atoms with Crippen LogP contribution in [-0.4, -0.2) is 41.1 Å². The van der Waals surface area contributed by atoms with E-state index in [9.17, 15) is 4.79 Å². The molecule has 5 heteroatoms. The van der Waals surface area contributed by atoms with Gasteiger partial charge in [-0.3, -0.25) is 0 Å². The maximum atomic E-state index is 10.9. The van der Waals surface area contributed by atoms with E-state index in [2.05, 4.69) is 23.0 Å². The number of hydrogen-bond donors (Lipinski definition) is 1. The zero-order chi connectivity index (χ0) is 13.4. The lowest BCUT2D eigenvalue weighted by molar-refractivity contribution is 0.0697. The molecule has 0 unspecified atom stereocenters. The molecule has 19 heavy (non-hydrogen) atoms. The van der Waals surface area contributed by atoms with Crippen molar-refractivity contribution in [3.63, 3.8) is 0 Å². The number of rotatable bonds is 2. The van der Waals surface area contributed by atoms with Crippen LogP contribution in [0.25, 0.3) is 16.7 Å². The predicted octanol–water partition coefficient (Wildman–Crippen LogP) is 2.24. The number of aromatic nitrogens is 1. The van der Waals surface area contributed by atoms with Crippen LogP contribution >= 0.6 is 0 Å². The van der Waals surface area contributed by atoms with Crippen LogP contribution in [0.2, 0.25) is 0 Å². The highest BCUT2D eigenvalue weighted by atomic mass is 16.4. The lowest BCUT2D eigenvalue weighted by atomic mass is 10.1. The molecule has 1 aromatic heterocycles. The van der Waals surface area contributed by atoms with Gasteiger partial charge in [0.25, 0.3) is 0 Å². The summed E-state index contributed by atoms with van der Waals surface area (Å²) in [5, 5.41) is 8.95. The molecule has 0 saturated carbocycles. The number of aromatic carboxylic acids is 1. The van der Waals surface area contributed by atoms with E-state index in [1.165, 1.54) is 6.07 Å². The lowest BCUT2D eigenvalue weighted by Gasteiger charge is -2.20. The van der Waals surface area contributed by atoms with E-state index in [1.807, 2.05) is 0 Å². The Morgan fingerprint density at radius 2 is 2.32 bits per heavy atom. The zero-order valence-electron chi connectivity index (χ0n) is 10.6. The fourth-order valence-electron chi connectivity index (χ4n) is 2.16. The number of hydrogen-bond acceptors (Lipinski definition) is 4. The normalized spacial score (nSPS) is 16.6. The van der Waals surface area contributed by atoms with Crippen LogP contribution in [0.4, 0.5) is 0 Å². The van der Waals surface area contributed by atoms with E-state index in [4.69, 9.17) is 9.52 Å². The van der Waals surface area contributed by atoms with Gasteiger partial charge in [-0.05, 0) is 31.7 Å². The Hall–Kier alpha value is -2.14. The summed E-state index contributed by atoms with van der Waals surface area (Å²) in [6, 6.07) is 4.73. The van der Waals surface area contributed by atoms with Crippen molar-refractivity contribution in [1.29, 1.82) is 0 Å². The third-order valence-corrected chi connectivity index (χ3v) is 3.32. The Bertz CT molecular complexity index is 672. The number of oxazole rings is 1. The molecular formula is C14H14N2O3. The molecule has 0 radical (unpaired) electrons. The van der Waals surface area contributed by atoms with Crippen molar-refractivity contribution in [2.45, 2.75) is 6.42 Å². The monoisotopic (exact) mass is 258 g/mol.